The summed E-state index contributed by atoms with van der Waals surface area (Å²) in [4.78, 5) is 9.04. The van der Waals surface area contributed by atoms with Crippen molar-refractivity contribution in [2.45, 2.75) is 65.8 Å². The molecule has 0 saturated heterocycles. The predicted octanol–water partition coefficient (Wildman–Crippen LogP) is 4.80. The first-order valence-electron chi connectivity index (χ1n) is 7.69. The summed E-state index contributed by atoms with van der Waals surface area (Å²) in [6, 6.07) is 0.496. The molecule has 0 aliphatic heterocycles. The zero-order chi connectivity index (χ0) is 14.9. The highest BCUT2D eigenvalue weighted by Gasteiger charge is 2.26. The number of anilines is 1. The molecule has 1 aliphatic rings. The van der Waals surface area contributed by atoms with Gasteiger partial charge in [-0.1, -0.05) is 39.3 Å². The molecular formula is C16H26ClN3. The van der Waals surface area contributed by atoms with Gasteiger partial charge in [0.25, 0.3) is 0 Å². The summed E-state index contributed by atoms with van der Waals surface area (Å²) in [6.45, 7) is 10.8. The lowest BCUT2D eigenvalue weighted by molar-refractivity contribution is 0.276. The van der Waals surface area contributed by atoms with Crippen LogP contribution in [0, 0.1) is 18.8 Å². The molecule has 1 aliphatic carbocycles. The van der Waals surface area contributed by atoms with Crippen molar-refractivity contribution in [3.63, 3.8) is 0 Å². The van der Waals surface area contributed by atoms with Crippen molar-refractivity contribution < 1.29 is 0 Å². The van der Waals surface area contributed by atoms with Gasteiger partial charge in [-0.25, -0.2) is 9.97 Å². The normalized spacial score (nSPS) is 26.9. The first-order valence-corrected chi connectivity index (χ1v) is 8.06. The highest BCUT2D eigenvalue weighted by molar-refractivity contribution is 6.30. The van der Waals surface area contributed by atoms with Crippen LogP contribution in [0.4, 0.5) is 5.82 Å². The third-order valence-electron chi connectivity index (χ3n) is 4.37. The van der Waals surface area contributed by atoms with Gasteiger partial charge in [0.05, 0.1) is 0 Å². The molecule has 1 fully saturated rings. The van der Waals surface area contributed by atoms with Gasteiger partial charge < -0.3 is 5.32 Å². The number of nitrogens with zero attached hydrogens (tertiary/aromatic N) is 2. The monoisotopic (exact) mass is 295 g/mol. The number of nitrogens with one attached hydrogen (secondary N) is 1. The maximum Gasteiger partial charge on any atom is 0.137 e. The van der Waals surface area contributed by atoms with E-state index in [-0.39, 0.29) is 5.92 Å². The maximum absolute atomic E-state index is 6.25. The van der Waals surface area contributed by atoms with E-state index in [4.69, 9.17) is 11.6 Å². The Morgan fingerprint density at radius 3 is 2.50 bits per heavy atom. The summed E-state index contributed by atoms with van der Waals surface area (Å²) in [5.74, 6) is 3.54. The smallest absolute Gasteiger partial charge is 0.137 e. The quantitative estimate of drug-likeness (QED) is 0.814. The molecule has 1 aromatic rings. The van der Waals surface area contributed by atoms with Crippen LogP contribution in [0.1, 0.15) is 64.3 Å². The highest BCUT2D eigenvalue weighted by Crippen LogP contribution is 2.32. The Balaban J connectivity index is 2.20. The van der Waals surface area contributed by atoms with Crippen LogP contribution in [0.2, 0.25) is 5.15 Å². The van der Waals surface area contributed by atoms with E-state index in [0.717, 1.165) is 23.1 Å². The van der Waals surface area contributed by atoms with E-state index in [0.29, 0.717) is 17.1 Å². The minimum atomic E-state index is 0.289. The van der Waals surface area contributed by atoms with E-state index >= 15 is 0 Å². The number of rotatable bonds is 3. The van der Waals surface area contributed by atoms with Crippen LogP contribution in [0.5, 0.6) is 0 Å². The highest BCUT2D eigenvalue weighted by atomic mass is 35.5. The van der Waals surface area contributed by atoms with Gasteiger partial charge in [0.2, 0.25) is 0 Å². The predicted molar refractivity (Wildman–Crippen MR) is 85.5 cm³/mol. The molecule has 3 unspecified atom stereocenters. The zero-order valence-electron chi connectivity index (χ0n) is 13.2. The third kappa shape index (κ3) is 3.43. The molecule has 3 nitrogen and oxygen atoms in total. The molecule has 1 aromatic heterocycles. The molecule has 4 heteroatoms. The van der Waals surface area contributed by atoms with Crippen molar-refractivity contribution in [2.24, 2.45) is 11.8 Å². The lowest BCUT2D eigenvalue weighted by Gasteiger charge is -2.34. The molecule has 0 radical (unpaired) electrons. The Morgan fingerprint density at radius 2 is 1.90 bits per heavy atom. The van der Waals surface area contributed by atoms with Crippen molar-refractivity contribution in [3.05, 3.63) is 16.5 Å². The second kappa shape index (κ2) is 6.30. The second-order valence-electron chi connectivity index (χ2n) is 6.65. The van der Waals surface area contributed by atoms with Gasteiger partial charge >= 0.3 is 0 Å². The van der Waals surface area contributed by atoms with Gasteiger partial charge in [0.15, 0.2) is 0 Å². The van der Waals surface area contributed by atoms with E-state index in [1.807, 2.05) is 6.92 Å². The fourth-order valence-corrected chi connectivity index (χ4v) is 3.14. The van der Waals surface area contributed by atoms with E-state index < -0.39 is 0 Å². The van der Waals surface area contributed by atoms with Crippen LogP contribution < -0.4 is 5.32 Å². The molecule has 0 aromatic carbocycles. The molecule has 1 heterocycles. The van der Waals surface area contributed by atoms with Crippen LogP contribution in [-0.4, -0.2) is 16.0 Å². The van der Waals surface area contributed by atoms with Gasteiger partial charge in [0.1, 0.15) is 16.8 Å². The summed E-state index contributed by atoms with van der Waals surface area (Å²) < 4.78 is 0. The summed E-state index contributed by atoms with van der Waals surface area (Å²) in [7, 11) is 0. The molecule has 0 bridgehead atoms. The Kier molecular flexibility index (Phi) is 4.90. The van der Waals surface area contributed by atoms with Gasteiger partial charge in [-0.3, -0.25) is 0 Å². The van der Waals surface area contributed by atoms with E-state index in [9.17, 15) is 0 Å². The Bertz CT molecular complexity index is 473. The molecule has 1 N–H and O–H groups in total. The largest absolute Gasteiger partial charge is 0.367 e. The van der Waals surface area contributed by atoms with Crippen molar-refractivity contribution in [1.29, 1.82) is 0 Å². The van der Waals surface area contributed by atoms with Gasteiger partial charge in [-0.05, 0) is 38.0 Å². The number of halogens is 1. The average molecular weight is 296 g/mol. The molecule has 3 atom stereocenters. The Morgan fingerprint density at radius 1 is 1.20 bits per heavy atom. The third-order valence-corrected chi connectivity index (χ3v) is 4.74. The van der Waals surface area contributed by atoms with E-state index in [2.05, 4.69) is 43.0 Å². The average Bonchev–Trinajstić information content (AvgIpc) is 2.37. The summed E-state index contributed by atoms with van der Waals surface area (Å²) in [5.41, 5.74) is 0.960. The van der Waals surface area contributed by atoms with Gasteiger partial charge in [-0.15, -0.1) is 0 Å². The fourth-order valence-electron chi connectivity index (χ4n) is 2.96. The van der Waals surface area contributed by atoms with Gasteiger partial charge in [-0.2, -0.15) is 0 Å². The van der Waals surface area contributed by atoms with Crippen molar-refractivity contribution in [3.8, 4) is 0 Å². The molecule has 0 amide bonds. The van der Waals surface area contributed by atoms with Crippen molar-refractivity contribution in [1.82, 2.24) is 9.97 Å². The first kappa shape index (κ1) is 15.6. The lowest BCUT2D eigenvalue weighted by atomic mass is 9.80. The zero-order valence-corrected chi connectivity index (χ0v) is 14.0. The molecule has 0 spiro atoms. The molecule has 2 rings (SSSR count). The minimum Gasteiger partial charge on any atom is -0.367 e. The summed E-state index contributed by atoms with van der Waals surface area (Å²) >= 11 is 6.25. The molecule has 112 valence electrons. The second-order valence-corrected chi connectivity index (χ2v) is 7.01. The fraction of sp³-hybridized carbons (Fsp3) is 0.750. The van der Waals surface area contributed by atoms with Crippen molar-refractivity contribution in [2.75, 3.05) is 5.32 Å². The van der Waals surface area contributed by atoms with Crippen LogP contribution in [0.15, 0.2) is 0 Å². The Hall–Kier alpha value is -0.830. The van der Waals surface area contributed by atoms with Crippen LogP contribution in [0.25, 0.3) is 0 Å². The standard InChI is InChI=1S/C16H26ClN3/c1-9(2)15-19-14(17)12(5)16(20-15)18-13-7-6-10(3)8-11(13)4/h9-11,13H,6-8H2,1-5H3,(H,18,19,20). The lowest BCUT2D eigenvalue weighted by Crippen LogP contribution is -2.33. The van der Waals surface area contributed by atoms with Crippen LogP contribution >= 0.6 is 11.6 Å². The van der Waals surface area contributed by atoms with Crippen LogP contribution in [-0.2, 0) is 0 Å². The molecule has 20 heavy (non-hydrogen) atoms. The Labute approximate surface area is 127 Å². The van der Waals surface area contributed by atoms with Crippen LogP contribution in [0.3, 0.4) is 0 Å². The maximum atomic E-state index is 6.25. The number of aromatic nitrogens is 2. The summed E-state index contributed by atoms with van der Waals surface area (Å²) in [6.07, 6.45) is 3.78. The topological polar surface area (TPSA) is 37.8 Å². The number of hydrogen-bond donors (Lipinski definition) is 1. The van der Waals surface area contributed by atoms with Gasteiger partial charge in [0, 0.05) is 17.5 Å². The number of hydrogen-bond acceptors (Lipinski definition) is 3. The summed E-state index contributed by atoms with van der Waals surface area (Å²) in [5, 5.41) is 4.19. The minimum absolute atomic E-state index is 0.289. The van der Waals surface area contributed by atoms with E-state index in [1.165, 1.54) is 19.3 Å². The first-order chi connectivity index (χ1) is 9.38. The van der Waals surface area contributed by atoms with Crippen molar-refractivity contribution >= 4 is 17.4 Å². The SMILES string of the molecule is Cc1c(Cl)nc(C(C)C)nc1NC1CCC(C)CC1C. The molecular weight excluding hydrogens is 270 g/mol. The van der Waals surface area contributed by atoms with E-state index in [1.54, 1.807) is 0 Å². The molecule has 1 saturated carbocycles.